The average molecular weight is 291 g/mol. The number of pyridine rings is 1. The topological polar surface area (TPSA) is 73.7 Å². The number of carboxylic acids is 1. The van der Waals surface area contributed by atoms with Crippen molar-refractivity contribution in [2.24, 2.45) is 5.92 Å². The van der Waals surface area contributed by atoms with E-state index in [1.165, 1.54) is 6.07 Å². The molecule has 1 unspecified atom stereocenters. The van der Waals surface area contributed by atoms with Gasteiger partial charge in [0, 0.05) is 19.6 Å². The van der Waals surface area contributed by atoms with E-state index in [1.54, 1.807) is 12.1 Å². The zero-order chi connectivity index (χ0) is 15.6. The molecule has 0 radical (unpaired) electrons. The van der Waals surface area contributed by atoms with Gasteiger partial charge in [-0.1, -0.05) is 19.9 Å². The van der Waals surface area contributed by atoms with E-state index < -0.39 is 5.97 Å². The molecule has 1 N–H and O–H groups in total. The predicted molar refractivity (Wildman–Crippen MR) is 79.4 cm³/mol. The molecule has 21 heavy (non-hydrogen) atoms. The van der Waals surface area contributed by atoms with Crippen LogP contribution >= 0.6 is 0 Å². The van der Waals surface area contributed by atoms with Crippen molar-refractivity contribution < 1.29 is 14.7 Å². The first-order valence-corrected chi connectivity index (χ1v) is 7.16. The van der Waals surface area contributed by atoms with Crippen molar-refractivity contribution in [3.8, 4) is 0 Å². The number of hydrogen-bond acceptors (Lipinski definition) is 4. The molecule has 114 valence electrons. The Morgan fingerprint density at radius 3 is 2.76 bits per heavy atom. The lowest BCUT2D eigenvalue weighted by Gasteiger charge is -2.40. The summed E-state index contributed by atoms with van der Waals surface area (Å²) < 4.78 is 0. The highest BCUT2D eigenvalue weighted by Gasteiger charge is 2.32. The van der Waals surface area contributed by atoms with E-state index in [1.807, 2.05) is 16.7 Å². The molecule has 0 spiro atoms. The molecule has 2 rings (SSSR count). The first kappa shape index (κ1) is 15.3. The fourth-order valence-corrected chi connectivity index (χ4v) is 2.57. The minimum Gasteiger partial charge on any atom is -0.477 e. The summed E-state index contributed by atoms with van der Waals surface area (Å²) in [6.07, 6.45) is 0. The molecule has 6 nitrogen and oxygen atoms in total. The van der Waals surface area contributed by atoms with Gasteiger partial charge in [0.25, 0.3) is 0 Å². The summed E-state index contributed by atoms with van der Waals surface area (Å²) >= 11 is 0. The van der Waals surface area contributed by atoms with Crippen LogP contribution in [-0.2, 0) is 4.79 Å². The highest BCUT2D eigenvalue weighted by molar-refractivity contribution is 5.87. The van der Waals surface area contributed by atoms with Crippen LogP contribution in [0.25, 0.3) is 0 Å². The Labute approximate surface area is 124 Å². The maximum Gasteiger partial charge on any atom is 0.354 e. The smallest absolute Gasteiger partial charge is 0.354 e. The summed E-state index contributed by atoms with van der Waals surface area (Å²) in [5, 5.41) is 9.01. The van der Waals surface area contributed by atoms with Crippen LogP contribution < -0.4 is 4.90 Å². The molecule has 2 heterocycles. The maximum atomic E-state index is 12.4. The SMILES string of the molecule is CC(C)CN1CCN(c2cccc(C(=O)O)n2)C(C)C1=O. The van der Waals surface area contributed by atoms with Gasteiger partial charge in [0.15, 0.2) is 5.69 Å². The Kier molecular flexibility index (Phi) is 4.45. The number of aromatic nitrogens is 1. The van der Waals surface area contributed by atoms with Crippen LogP contribution in [0.4, 0.5) is 5.82 Å². The van der Waals surface area contributed by atoms with Crippen LogP contribution in [0, 0.1) is 5.92 Å². The van der Waals surface area contributed by atoms with Crippen LogP contribution in [0.5, 0.6) is 0 Å². The lowest BCUT2D eigenvalue weighted by atomic mass is 10.1. The first-order chi connectivity index (χ1) is 9.90. The van der Waals surface area contributed by atoms with Crippen molar-refractivity contribution in [3.63, 3.8) is 0 Å². The highest BCUT2D eigenvalue weighted by atomic mass is 16.4. The Morgan fingerprint density at radius 1 is 1.43 bits per heavy atom. The second kappa shape index (κ2) is 6.11. The zero-order valence-electron chi connectivity index (χ0n) is 12.6. The van der Waals surface area contributed by atoms with Gasteiger partial charge in [0.05, 0.1) is 0 Å². The van der Waals surface area contributed by atoms with Crippen molar-refractivity contribution in [1.29, 1.82) is 0 Å². The monoisotopic (exact) mass is 291 g/mol. The van der Waals surface area contributed by atoms with Gasteiger partial charge >= 0.3 is 5.97 Å². The van der Waals surface area contributed by atoms with Gasteiger partial charge in [-0.2, -0.15) is 0 Å². The quantitative estimate of drug-likeness (QED) is 0.909. The number of amides is 1. The number of carbonyl (C=O) groups excluding carboxylic acids is 1. The molecule has 1 amide bonds. The molecule has 1 aromatic heterocycles. The Hall–Kier alpha value is -2.11. The van der Waals surface area contributed by atoms with Crippen LogP contribution in [0.3, 0.4) is 0 Å². The van der Waals surface area contributed by atoms with Gasteiger partial charge in [0.2, 0.25) is 5.91 Å². The third-order valence-electron chi connectivity index (χ3n) is 3.58. The highest BCUT2D eigenvalue weighted by Crippen LogP contribution is 2.20. The second-order valence-corrected chi connectivity index (χ2v) is 5.73. The Bertz CT molecular complexity index is 545. The zero-order valence-corrected chi connectivity index (χ0v) is 12.6. The van der Waals surface area contributed by atoms with E-state index >= 15 is 0 Å². The average Bonchev–Trinajstić information content (AvgIpc) is 2.44. The van der Waals surface area contributed by atoms with E-state index in [0.29, 0.717) is 24.8 Å². The van der Waals surface area contributed by atoms with Crippen LogP contribution in [-0.4, -0.2) is 52.5 Å². The lowest BCUT2D eigenvalue weighted by Crippen LogP contribution is -2.56. The fraction of sp³-hybridized carbons (Fsp3) is 0.533. The van der Waals surface area contributed by atoms with E-state index in [9.17, 15) is 9.59 Å². The summed E-state index contributed by atoms with van der Waals surface area (Å²) in [7, 11) is 0. The normalized spacial score (nSPS) is 19.2. The van der Waals surface area contributed by atoms with Gasteiger partial charge in [-0.05, 0) is 25.0 Å². The van der Waals surface area contributed by atoms with Gasteiger partial charge in [0.1, 0.15) is 11.9 Å². The van der Waals surface area contributed by atoms with Crippen LogP contribution in [0.15, 0.2) is 18.2 Å². The third-order valence-corrected chi connectivity index (χ3v) is 3.58. The molecule has 1 aliphatic heterocycles. The summed E-state index contributed by atoms with van der Waals surface area (Å²) in [6.45, 7) is 8.06. The number of hydrogen-bond donors (Lipinski definition) is 1. The number of rotatable bonds is 4. The molecule has 1 aliphatic rings. The number of carboxylic acid groups (broad SMARTS) is 1. The van der Waals surface area contributed by atoms with E-state index in [0.717, 1.165) is 6.54 Å². The molecule has 1 atom stereocenters. The van der Waals surface area contributed by atoms with E-state index in [-0.39, 0.29) is 17.6 Å². The van der Waals surface area contributed by atoms with E-state index in [4.69, 9.17) is 5.11 Å². The fourth-order valence-electron chi connectivity index (χ4n) is 2.57. The van der Waals surface area contributed by atoms with Crippen LogP contribution in [0.2, 0.25) is 0 Å². The number of carbonyl (C=O) groups is 2. The minimum absolute atomic E-state index is 0.00300. The van der Waals surface area contributed by atoms with Gasteiger partial charge in [-0.15, -0.1) is 0 Å². The molecule has 0 aromatic carbocycles. The predicted octanol–water partition coefficient (Wildman–Crippen LogP) is 1.47. The molecule has 0 bridgehead atoms. The molecule has 1 aromatic rings. The summed E-state index contributed by atoms with van der Waals surface area (Å²) in [5.74, 6) is -0.0205. The number of nitrogens with zero attached hydrogens (tertiary/aromatic N) is 3. The number of anilines is 1. The third kappa shape index (κ3) is 3.32. The first-order valence-electron chi connectivity index (χ1n) is 7.16. The second-order valence-electron chi connectivity index (χ2n) is 5.73. The summed E-state index contributed by atoms with van der Waals surface area (Å²) in [5.41, 5.74) is -0.00300. The minimum atomic E-state index is -1.06. The largest absolute Gasteiger partial charge is 0.477 e. The molecular weight excluding hydrogens is 270 g/mol. The summed E-state index contributed by atoms with van der Waals surface area (Å²) in [6, 6.07) is 4.53. The Balaban J connectivity index is 2.17. The molecule has 1 fully saturated rings. The van der Waals surface area contributed by atoms with Gasteiger partial charge < -0.3 is 14.9 Å². The molecule has 0 saturated carbocycles. The summed E-state index contributed by atoms with van der Waals surface area (Å²) in [4.78, 5) is 31.3. The van der Waals surface area contributed by atoms with Crippen LogP contribution in [0.1, 0.15) is 31.3 Å². The van der Waals surface area contributed by atoms with E-state index in [2.05, 4.69) is 18.8 Å². The van der Waals surface area contributed by atoms with Crippen molar-refractivity contribution in [1.82, 2.24) is 9.88 Å². The van der Waals surface area contributed by atoms with Gasteiger partial charge in [-0.3, -0.25) is 4.79 Å². The molecule has 6 heteroatoms. The van der Waals surface area contributed by atoms with Gasteiger partial charge in [-0.25, -0.2) is 9.78 Å². The lowest BCUT2D eigenvalue weighted by molar-refractivity contribution is -0.134. The van der Waals surface area contributed by atoms with Crippen molar-refractivity contribution in [3.05, 3.63) is 23.9 Å². The Morgan fingerprint density at radius 2 is 2.14 bits per heavy atom. The van der Waals surface area contributed by atoms with Crippen molar-refractivity contribution in [2.45, 2.75) is 26.8 Å². The molecule has 1 saturated heterocycles. The number of aromatic carboxylic acids is 1. The standard InChI is InChI=1S/C15H21N3O3/c1-10(2)9-17-7-8-18(11(3)14(17)19)13-6-4-5-12(16-13)15(20)21/h4-6,10-11H,7-9H2,1-3H3,(H,20,21). The van der Waals surface area contributed by atoms with Crippen molar-refractivity contribution >= 4 is 17.7 Å². The van der Waals surface area contributed by atoms with Crippen molar-refractivity contribution in [2.75, 3.05) is 24.5 Å². The molecular formula is C15H21N3O3. The number of piperazine rings is 1. The maximum absolute atomic E-state index is 12.4. The molecule has 0 aliphatic carbocycles.